The Kier molecular flexibility index (Phi) is 3.84. The molecule has 0 saturated carbocycles. The molecule has 1 unspecified atom stereocenters. The Hall–Kier alpha value is -0.870. The van der Waals surface area contributed by atoms with Crippen molar-refractivity contribution in [1.82, 2.24) is 5.43 Å². The first kappa shape index (κ1) is 12.6. The third kappa shape index (κ3) is 2.87. The van der Waals surface area contributed by atoms with Crippen LogP contribution in [0.15, 0.2) is 30.3 Å². The molecule has 1 aromatic carbocycles. The molecule has 2 aromatic rings. The van der Waals surface area contributed by atoms with Crippen LogP contribution in [0.2, 0.25) is 5.02 Å². The number of aryl methyl sites for hydroxylation is 2. The molecule has 0 aliphatic rings. The molecule has 0 radical (unpaired) electrons. The third-order valence-electron chi connectivity index (χ3n) is 2.61. The van der Waals surface area contributed by atoms with Crippen LogP contribution in [-0.2, 0) is 0 Å². The predicted octanol–water partition coefficient (Wildman–Crippen LogP) is 3.57. The summed E-state index contributed by atoms with van der Waals surface area (Å²) in [5, 5.41) is 0.744. The standard InChI is InChI=1S/C13H15ClN2S/c1-8-5-10(7-11(14)6-8)13(16-15)12-4-3-9(2)17-12/h3-7,13,16H,15H2,1-2H3. The number of hydrogen-bond acceptors (Lipinski definition) is 3. The van der Waals surface area contributed by atoms with Crippen molar-refractivity contribution in [3.05, 3.63) is 56.2 Å². The van der Waals surface area contributed by atoms with Crippen LogP contribution in [0.3, 0.4) is 0 Å². The lowest BCUT2D eigenvalue weighted by molar-refractivity contribution is 0.646. The minimum atomic E-state index is 0.00565. The second-order valence-electron chi connectivity index (χ2n) is 4.11. The highest BCUT2D eigenvalue weighted by Gasteiger charge is 2.14. The van der Waals surface area contributed by atoms with Crippen LogP contribution in [-0.4, -0.2) is 0 Å². The maximum Gasteiger partial charge on any atom is 0.0803 e. The number of hydrazine groups is 1. The summed E-state index contributed by atoms with van der Waals surface area (Å²) in [5.41, 5.74) is 5.09. The van der Waals surface area contributed by atoms with Gasteiger partial charge in [0.05, 0.1) is 6.04 Å². The average Bonchev–Trinajstić information content (AvgIpc) is 2.64. The zero-order valence-corrected chi connectivity index (χ0v) is 11.4. The molecule has 1 aromatic heterocycles. The van der Waals surface area contributed by atoms with Crippen LogP contribution < -0.4 is 11.3 Å². The molecule has 1 heterocycles. The molecule has 4 heteroatoms. The first-order chi connectivity index (χ1) is 8.10. The number of hydrogen-bond donors (Lipinski definition) is 2. The SMILES string of the molecule is Cc1cc(Cl)cc(C(NN)c2ccc(C)s2)c1. The van der Waals surface area contributed by atoms with E-state index in [1.165, 1.54) is 9.75 Å². The number of nitrogens with one attached hydrogen (secondary N) is 1. The predicted molar refractivity (Wildman–Crippen MR) is 74.4 cm³/mol. The summed E-state index contributed by atoms with van der Waals surface area (Å²) in [6.45, 7) is 4.12. The van der Waals surface area contributed by atoms with E-state index in [2.05, 4.69) is 30.5 Å². The molecule has 1 atom stereocenters. The fraction of sp³-hybridized carbons (Fsp3) is 0.231. The maximum atomic E-state index is 6.08. The van der Waals surface area contributed by atoms with Gasteiger partial charge in [-0.2, -0.15) is 0 Å². The summed E-state index contributed by atoms with van der Waals surface area (Å²) in [4.78, 5) is 2.48. The number of rotatable bonds is 3. The fourth-order valence-corrected chi connectivity index (χ4v) is 3.15. The van der Waals surface area contributed by atoms with Crippen molar-refractivity contribution in [2.75, 3.05) is 0 Å². The molecule has 0 amide bonds. The normalized spacial score (nSPS) is 12.7. The third-order valence-corrected chi connectivity index (χ3v) is 3.89. The van der Waals surface area contributed by atoms with E-state index in [9.17, 15) is 0 Å². The topological polar surface area (TPSA) is 38.0 Å². The van der Waals surface area contributed by atoms with Gasteiger partial charge in [0.2, 0.25) is 0 Å². The smallest absolute Gasteiger partial charge is 0.0803 e. The Morgan fingerprint density at radius 2 is 2.00 bits per heavy atom. The van der Waals surface area contributed by atoms with Crippen molar-refractivity contribution in [3.63, 3.8) is 0 Å². The monoisotopic (exact) mass is 266 g/mol. The summed E-state index contributed by atoms with van der Waals surface area (Å²) in [7, 11) is 0. The van der Waals surface area contributed by atoms with Crippen LogP contribution in [0.1, 0.15) is 26.9 Å². The highest BCUT2D eigenvalue weighted by Crippen LogP contribution is 2.29. The maximum absolute atomic E-state index is 6.08. The van der Waals surface area contributed by atoms with Gasteiger partial charge in [-0.1, -0.05) is 17.7 Å². The molecule has 0 bridgehead atoms. The molecular weight excluding hydrogens is 252 g/mol. The van der Waals surface area contributed by atoms with Gasteiger partial charge in [0.25, 0.3) is 0 Å². The minimum Gasteiger partial charge on any atom is -0.271 e. The molecule has 0 aliphatic carbocycles. The fourth-order valence-electron chi connectivity index (χ4n) is 1.88. The van der Waals surface area contributed by atoms with E-state index >= 15 is 0 Å². The average molecular weight is 267 g/mol. The molecule has 0 spiro atoms. The highest BCUT2D eigenvalue weighted by atomic mass is 35.5. The van der Waals surface area contributed by atoms with Crippen molar-refractivity contribution in [3.8, 4) is 0 Å². The van der Waals surface area contributed by atoms with Gasteiger partial charge in [-0.25, -0.2) is 5.43 Å². The second-order valence-corrected chi connectivity index (χ2v) is 5.87. The number of benzene rings is 1. The summed E-state index contributed by atoms with van der Waals surface area (Å²) < 4.78 is 0. The lowest BCUT2D eigenvalue weighted by Crippen LogP contribution is -2.28. The zero-order valence-electron chi connectivity index (χ0n) is 9.83. The Morgan fingerprint density at radius 3 is 2.53 bits per heavy atom. The van der Waals surface area contributed by atoms with Gasteiger partial charge in [0, 0.05) is 14.8 Å². The van der Waals surface area contributed by atoms with Crippen LogP contribution in [0, 0.1) is 13.8 Å². The summed E-state index contributed by atoms with van der Waals surface area (Å²) in [6.07, 6.45) is 0. The Bertz CT molecular complexity index is 502. The van der Waals surface area contributed by atoms with Gasteiger partial charge in [0.15, 0.2) is 0 Å². The lowest BCUT2D eigenvalue weighted by Gasteiger charge is -2.15. The van der Waals surface area contributed by atoms with Crippen molar-refractivity contribution >= 4 is 22.9 Å². The van der Waals surface area contributed by atoms with Gasteiger partial charge in [-0.3, -0.25) is 5.84 Å². The van der Waals surface area contributed by atoms with Gasteiger partial charge in [-0.05, 0) is 49.2 Å². The summed E-state index contributed by atoms with van der Waals surface area (Å²) in [6, 6.07) is 10.2. The first-order valence-corrected chi connectivity index (χ1v) is 6.59. The molecule has 2 rings (SSSR count). The minimum absolute atomic E-state index is 0.00565. The molecule has 17 heavy (non-hydrogen) atoms. The lowest BCUT2D eigenvalue weighted by atomic mass is 10.0. The van der Waals surface area contributed by atoms with Gasteiger partial charge in [0.1, 0.15) is 0 Å². The molecular formula is C13H15ClN2S. The van der Waals surface area contributed by atoms with E-state index in [0.717, 1.165) is 16.1 Å². The van der Waals surface area contributed by atoms with Gasteiger partial charge < -0.3 is 0 Å². The largest absolute Gasteiger partial charge is 0.271 e. The quantitative estimate of drug-likeness (QED) is 0.658. The Morgan fingerprint density at radius 1 is 1.24 bits per heavy atom. The van der Waals surface area contributed by atoms with E-state index in [0.29, 0.717) is 0 Å². The van der Waals surface area contributed by atoms with E-state index < -0.39 is 0 Å². The van der Waals surface area contributed by atoms with E-state index in [1.807, 2.05) is 19.1 Å². The molecule has 0 saturated heterocycles. The molecule has 3 N–H and O–H groups in total. The number of halogens is 1. The molecule has 0 fully saturated rings. The Labute approximate surface area is 110 Å². The number of thiophene rings is 1. The van der Waals surface area contributed by atoms with E-state index in [4.69, 9.17) is 17.4 Å². The zero-order chi connectivity index (χ0) is 12.4. The van der Waals surface area contributed by atoms with Crippen LogP contribution in [0.5, 0.6) is 0 Å². The van der Waals surface area contributed by atoms with Crippen LogP contribution in [0.4, 0.5) is 0 Å². The van der Waals surface area contributed by atoms with E-state index in [1.54, 1.807) is 11.3 Å². The summed E-state index contributed by atoms with van der Waals surface area (Å²) in [5.74, 6) is 5.66. The Balaban J connectivity index is 2.41. The van der Waals surface area contributed by atoms with Crippen molar-refractivity contribution in [2.45, 2.75) is 19.9 Å². The first-order valence-electron chi connectivity index (χ1n) is 5.39. The van der Waals surface area contributed by atoms with E-state index in [-0.39, 0.29) is 6.04 Å². The van der Waals surface area contributed by atoms with Crippen LogP contribution in [0.25, 0.3) is 0 Å². The van der Waals surface area contributed by atoms with Crippen molar-refractivity contribution in [2.24, 2.45) is 5.84 Å². The van der Waals surface area contributed by atoms with Gasteiger partial charge >= 0.3 is 0 Å². The molecule has 90 valence electrons. The molecule has 0 aliphatic heterocycles. The number of nitrogens with two attached hydrogens (primary N) is 1. The second kappa shape index (κ2) is 5.19. The van der Waals surface area contributed by atoms with Crippen molar-refractivity contribution in [1.29, 1.82) is 0 Å². The van der Waals surface area contributed by atoms with Crippen LogP contribution >= 0.6 is 22.9 Å². The summed E-state index contributed by atoms with van der Waals surface area (Å²) >= 11 is 7.82. The van der Waals surface area contributed by atoms with Crippen molar-refractivity contribution < 1.29 is 0 Å². The van der Waals surface area contributed by atoms with Gasteiger partial charge in [-0.15, -0.1) is 11.3 Å². The molecule has 2 nitrogen and oxygen atoms in total. The highest BCUT2D eigenvalue weighted by molar-refractivity contribution is 7.12.